The lowest BCUT2D eigenvalue weighted by Gasteiger charge is -2.35. The van der Waals surface area contributed by atoms with E-state index < -0.39 is 0 Å². The summed E-state index contributed by atoms with van der Waals surface area (Å²) in [5.41, 5.74) is 0. The van der Waals surface area contributed by atoms with E-state index in [4.69, 9.17) is 4.74 Å². The summed E-state index contributed by atoms with van der Waals surface area (Å²) in [4.78, 5) is 6.46. The van der Waals surface area contributed by atoms with E-state index in [1.165, 1.54) is 12.8 Å². The van der Waals surface area contributed by atoms with Gasteiger partial charge in [0.15, 0.2) is 0 Å². The van der Waals surface area contributed by atoms with Gasteiger partial charge in [-0.3, -0.25) is 0 Å². The van der Waals surface area contributed by atoms with Crippen molar-refractivity contribution in [1.82, 2.24) is 9.88 Å². The van der Waals surface area contributed by atoms with Crippen LogP contribution in [0.15, 0.2) is 18.2 Å². The third-order valence-corrected chi connectivity index (χ3v) is 4.05. The molecule has 2 aliphatic heterocycles. The van der Waals surface area contributed by atoms with Crippen LogP contribution in [0.2, 0.25) is 0 Å². The van der Waals surface area contributed by atoms with Crippen LogP contribution in [0.1, 0.15) is 25.7 Å². The summed E-state index contributed by atoms with van der Waals surface area (Å²) < 4.78 is 5.87. The molecule has 0 amide bonds. The molecule has 2 saturated heterocycles. The Hall–Kier alpha value is -1.29. The fourth-order valence-corrected chi connectivity index (χ4v) is 3.10. The molecule has 2 atom stereocenters. The van der Waals surface area contributed by atoms with Crippen LogP contribution in [-0.2, 0) is 0 Å². The third kappa shape index (κ3) is 2.09. The van der Waals surface area contributed by atoms with Gasteiger partial charge in [-0.05, 0) is 32.7 Å². The molecule has 4 heteroatoms. The topological polar surface area (TPSA) is 45.6 Å². The van der Waals surface area contributed by atoms with Crippen molar-refractivity contribution in [3.8, 4) is 11.8 Å². The van der Waals surface area contributed by atoms with Crippen LogP contribution >= 0.6 is 0 Å². The summed E-state index contributed by atoms with van der Waals surface area (Å²) >= 11 is 0. The number of fused-ring (bicyclic) bond motifs is 2. The van der Waals surface area contributed by atoms with Gasteiger partial charge in [-0.1, -0.05) is 6.07 Å². The minimum atomic E-state index is 0.0263. The number of piperidine rings is 1. The highest BCUT2D eigenvalue weighted by molar-refractivity contribution is 5.18. The summed E-state index contributed by atoms with van der Waals surface area (Å²) in [5.74, 6) is 0.567. The van der Waals surface area contributed by atoms with E-state index in [0.717, 1.165) is 12.8 Å². The standard InChI is InChI=1S/C13H18N2O2/c1-15-9-5-6-10(15)8-11(7-9)17-13-4-2-3-12(16)14-13/h2-4,9-11H,5-8H2,1H3,(H,14,16). The predicted molar refractivity (Wildman–Crippen MR) is 64.1 cm³/mol. The average Bonchev–Trinajstić information content (AvgIpc) is 2.52. The van der Waals surface area contributed by atoms with Crippen LogP contribution in [0.3, 0.4) is 0 Å². The number of aromatic hydroxyl groups is 1. The SMILES string of the molecule is CN1C2CCC1CC(Oc1cccc(O)n1)C2. The zero-order valence-electron chi connectivity index (χ0n) is 10.0. The molecule has 2 aliphatic rings. The van der Waals surface area contributed by atoms with Crippen molar-refractivity contribution in [2.45, 2.75) is 43.9 Å². The summed E-state index contributed by atoms with van der Waals surface area (Å²) in [7, 11) is 2.21. The van der Waals surface area contributed by atoms with E-state index in [9.17, 15) is 5.11 Å². The molecule has 0 spiro atoms. The van der Waals surface area contributed by atoms with Gasteiger partial charge in [0.25, 0.3) is 0 Å². The lowest BCUT2D eigenvalue weighted by atomic mass is 10.0. The van der Waals surface area contributed by atoms with Gasteiger partial charge in [-0.25, -0.2) is 0 Å². The molecule has 1 aromatic rings. The third-order valence-electron chi connectivity index (χ3n) is 4.05. The Labute approximate surface area is 101 Å². The molecule has 3 heterocycles. The van der Waals surface area contributed by atoms with Gasteiger partial charge < -0.3 is 14.7 Å². The maximum absolute atomic E-state index is 9.30. The summed E-state index contributed by atoms with van der Waals surface area (Å²) in [5, 5.41) is 9.30. The van der Waals surface area contributed by atoms with Gasteiger partial charge in [-0.2, -0.15) is 4.98 Å². The largest absolute Gasteiger partial charge is 0.493 e. The molecule has 0 aromatic carbocycles. The van der Waals surface area contributed by atoms with E-state index in [-0.39, 0.29) is 12.0 Å². The number of ether oxygens (including phenoxy) is 1. The highest BCUT2D eigenvalue weighted by Crippen LogP contribution is 2.35. The Balaban J connectivity index is 1.67. The van der Waals surface area contributed by atoms with Crippen molar-refractivity contribution in [3.05, 3.63) is 18.2 Å². The summed E-state index contributed by atoms with van der Waals surface area (Å²) in [6, 6.07) is 6.46. The highest BCUT2D eigenvalue weighted by Gasteiger charge is 2.39. The van der Waals surface area contributed by atoms with Crippen molar-refractivity contribution >= 4 is 0 Å². The maximum atomic E-state index is 9.30. The van der Waals surface area contributed by atoms with Crippen LogP contribution in [0.4, 0.5) is 0 Å². The molecule has 3 rings (SSSR count). The molecule has 17 heavy (non-hydrogen) atoms. The predicted octanol–water partition coefficient (Wildman–Crippen LogP) is 1.79. The Morgan fingerprint density at radius 3 is 2.65 bits per heavy atom. The van der Waals surface area contributed by atoms with Crippen LogP contribution in [0.5, 0.6) is 11.8 Å². The maximum Gasteiger partial charge on any atom is 0.216 e. The number of rotatable bonds is 2. The fraction of sp³-hybridized carbons (Fsp3) is 0.615. The molecule has 0 saturated carbocycles. The molecule has 92 valence electrons. The minimum Gasteiger partial charge on any atom is -0.493 e. The molecule has 2 fully saturated rings. The molecule has 1 N–H and O–H groups in total. The Kier molecular flexibility index (Phi) is 2.67. The first-order chi connectivity index (χ1) is 8.22. The Morgan fingerprint density at radius 1 is 1.29 bits per heavy atom. The van der Waals surface area contributed by atoms with E-state index in [1.54, 1.807) is 18.2 Å². The molecule has 0 radical (unpaired) electrons. The molecule has 0 aliphatic carbocycles. The first-order valence-electron chi connectivity index (χ1n) is 6.27. The molecular formula is C13H18N2O2. The number of hydrogen-bond donors (Lipinski definition) is 1. The highest BCUT2D eigenvalue weighted by atomic mass is 16.5. The number of aromatic nitrogens is 1. The molecule has 4 nitrogen and oxygen atoms in total. The summed E-state index contributed by atoms with van der Waals surface area (Å²) in [6.45, 7) is 0. The second-order valence-electron chi connectivity index (χ2n) is 5.10. The quantitative estimate of drug-likeness (QED) is 0.847. The fourth-order valence-electron chi connectivity index (χ4n) is 3.10. The van der Waals surface area contributed by atoms with Gasteiger partial charge in [0.2, 0.25) is 11.8 Å². The zero-order valence-corrected chi connectivity index (χ0v) is 10.0. The minimum absolute atomic E-state index is 0.0263. The smallest absolute Gasteiger partial charge is 0.216 e. The van der Waals surface area contributed by atoms with E-state index in [1.807, 2.05) is 0 Å². The molecular weight excluding hydrogens is 216 g/mol. The van der Waals surface area contributed by atoms with Crippen molar-refractivity contribution in [3.63, 3.8) is 0 Å². The van der Waals surface area contributed by atoms with Crippen LogP contribution in [-0.4, -0.2) is 40.2 Å². The zero-order chi connectivity index (χ0) is 11.8. The van der Waals surface area contributed by atoms with Crippen LogP contribution in [0, 0.1) is 0 Å². The average molecular weight is 234 g/mol. The van der Waals surface area contributed by atoms with Crippen LogP contribution in [0.25, 0.3) is 0 Å². The van der Waals surface area contributed by atoms with Crippen molar-refractivity contribution < 1.29 is 9.84 Å². The Bertz CT molecular complexity index is 396. The van der Waals surface area contributed by atoms with Crippen LogP contribution < -0.4 is 4.74 Å². The lowest BCUT2D eigenvalue weighted by Crippen LogP contribution is -2.43. The molecule has 2 unspecified atom stereocenters. The van der Waals surface area contributed by atoms with Gasteiger partial charge in [-0.15, -0.1) is 0 Å². The van der Waals surface area contributed by atoms with Crippen molar-refractivity contribution in [2.75, 3.05) is 7.05 Å². The first kappa shape index (κ1) is 10.8. The number of hydrogen-bond acceptors (Lipinski definition) is 4. The van der Waals surface area contributed by atoms with Gasteiger partial charge in [0.1, 0.15) is 6.10 Å². The van der Waals surface area contributed by atoms with E-state index in [2.05, 4.69) is 16.9 Å². The lowest BCUT2D eigenvalue weighted by molar-refractivity contribution is 0.0629. The second-order valence-corrected chi connectivity index (χ2v) is 5.10. The monoisotopic (exact) mass is 234 g/mol. The Morgan fingerprint density at radius 2 is 2.00 bits per heavy atom. The van der Waals surface area contributed by atoms with Gasteiger partial charge >= 0.3 is 0 Å². The first-order valence-corrected chi connectivity index (χ1v) is 6.27. The van der Waals surface area contributed by atoms with Gasteiger partial charge in [0.05, 0.1) is 0 Å². The summed E-state index contributed by atoms with van der Waals surface area (Å²) in [6.07, 6.45) is 4.97. The van der Waals surface area contributed by atoms with Gasteiger partial charge in [0, 0.05) is 24.2 Å². The second kappa shape index (κ2) is 4.18. The number of nitrogens with zero attached hydrogens (tertiary/aromatic N) is 2. The van der Waals surface area contributed by atoms with Crippen molar-refractivity contribution in [1.29, 1.82) is 0 Å². The normalized spacial score (nSPS) is 32.6. The van der Waals surface area contributed by atoms with Crippen molar-refractivity contribution in [2.24, 2.45) is 0 Å². The molecule has 2 bridgehead atoms. The molecule has 1 aromatic heterocycles. The number of pyridine rings is 1. The van der Waals surface area contributed by atoms with E-state index >= 15 is 0 Å². The van der Waals surface area contributed by atoms with E-state index in [0.29, 0.717) is 18.0 Å².